The highest BCUT2D eigenvalue weighted by Crippen LogP contribution is 2.47. The SMILES string of the molecule is [N-]=[N+]=NS(=O)(=O)C1CC2CCC1C2. The van der Waals surface area contributed by atoms with Crippen LogP contribution >= 0.6 is 0 Å². The molecule has 0 spiro atoms. The lowest BCUT2D eigenvalue weighted by Crippen LogP contribution is -2.25. The summed E-state index contributed by atoms with van der Waals surface area (Å²) in [6.45, 7) is 0. The van der Waals surface area contributed by atoms with Gasteiger partial charge in [-0.1, -0.05) is 6.42 Å². The van der Waals surface area contributed by atoms with Gasteiger partial charge in [0.25, 0.3) is 0 Å². The van der Waals surface area contributed by atoms with E-state index in [1.54, 1.807) is 0 Å². The van der Waals surface area contributed by atoms with Gasteiger partial charge in [-0.05, 0) is 36.6 Å². The van der Waals surface area contributed by atoms with Gasteiger partial charge in [0.15, 0.2) is 0 Å². The Bertz CT molecular complexity index is 358. The molecular weight excluding hydrogens is 190 g/mol. The lowest BCUT2D eigenvalue weighted by atomic mass is 10.0. The van der Waals surface area contributed by atoms with Crippen LogP contribution in [0.25, 0.3) is 10.4 Å². The van der Waals surface area contributed by atoms with E-state index in [9.17, 15) is 8.42 Å². The van der Waals surface area contributed by atoms with E-state index in [4.69, 9.17) is 5.53 Å². The molecule has 2 rings (SSSR count). The third-order valence-electron chi connectivity index (χ3n) is 3.21. The monoisotopic (exact) mass is 201 g/mol. The van der Waals surface area contributed by atoms with Crippen molar-refractivity contribution in [1.29, 1.82) is 0 Å². The Kier molecular flexibility index (Phi) is 1.96. The Morgan fingerprint density at radius 1 is 1.31 bits per heavy atom. The number of nitrogens with zero attached hydrogens (tertiary/aromatic N) is 3. The second-order valence-electron chi connectivity index (χ2n) is 3.90. The van der Waals surface area contributed by atoms with Crippen LogP contribution in [-0.2, 0) is 10.0 Å². The molecule has 2 bridgehead atoms. The summed E-state index contributed by atoms with van der Waals surface area (Å²) in [7, 11) is -3.53. The number of fused-ring (bicyclic) bond motifs is 2. The van der Waals surface area contributed by atoms with Crippen LogP contribution in [-0.4, -0.2) is 13.7 Å². The highest BCUT2D eigenvalue weighted by atomic mass is 32.2. The van der Waals surface area contributed by atoms with E-state index in [0.717, 1.165) is 19.3 Å². The number of rotatable bonds is 2. The maximum atomic E-state index is 11.4. The van der Waals surface area contributed by atoms with Gasteiger partial charge in [-0.15, -0.1) is 0 Å². The predicted molar refractivity (Wildman–Crippen MR) is 47.3 cm³/mol. The van der Waals surface area contributed by atoms with E-state index in [-0.39, 0.29) is 11.2 Å². The van der Waals surface area contributed by atoms with Crippen molar-refractivity contribution in [2.24, 2.45) is 16.4 Å². The molecule has 0 saturated heterocycles. The van der Waals surface area contributed by atoms with Crippen molar-refractivity contribution in [2.75, 3.05) is 0 Å². The van der Waals surface area contributed by atoms with Crippen molar-refractivity contribution in [2.45, 2.75) is 30.9 Å². The maximum Gasteiger partial charge on any atom is 0.238 e. The minimum absolute atomic E-state index is 0.250. The zero-order valence-corrected chi connectivity index (χ0v) is 7.94. The van der Waals surface area contributed by atoms with E-state index in [1.807, 2.05) is 0 Å². The van der Waals surface area contributed by atoms with E-state index < -0.39 is 10.0 Å². The summed E-state index contributed by atoms with van der Waals surface area (Å²) >= 11 is 0. The first-order valence-corrected chi connectivity index (χ1v) is 5.94. The smallest absolute Gasteiger partial charge is 0.221 e. The van der Waals surface area contributed by atoms with E-state index in [2.05, 4.69) is 9.43 Å². The molecule has 3 atom stereocenters. The van der Waals surface area contributed by atoms with Gasteiger partial charge in [-0.2, -0.15) is 0 Å². The van der Waals surface area contributed by atoms with Crippen LogP contribution in [0, 0.1) is 11.8 Å². The largest absolute Gasteiger partial charge is 0.238 e. The van der Waals surface area contributed by atoms with Crippen molar-refractivity contribution >= 4 is 10.0 Å². The standard InChI is InChI=1S/C7H11N3O2S/c8-9-10-13(11,12)7-4-5-1-2-6(7)3-5/h5-7H,1-4H2. The van der Waals surface area contributed by atoms with Crippen LogP contribution in [0.5, 0.6) is 0 Å². The van der Waals surface area contributed by atoms with Gasteiger partial charge in [0.1, 0.15) is 0 Å². The fourth-order valence-electron chi connectivity index (χ4n) is 2.66. The maximum absolute atomic E-state index is 11.4. The molecule has 0 radical (unpaired) electrons. The second kappa shape index (κ2) is 2.89. The number of azide groups is 1. The lowest BCUT2D eigenvalue weighted by Gasteiger charge is -2.18. The lowest BCUT2D eigenvalue weighted by molar-refractivity contribution is 0.465. The minimum Gasteiger partial charge on any atom is -0.221 e. The van der Waals surface area contributed by atoms with Gasteiger partial charge in [-0.3, -0.25) is 0 Å². The average molecular weight is 201 g/mol. The quantitative estimate of drug-likeness (QED) is 0.387. The Labute approximate surface area is 76.8 Å². The van der Waals surface area contributed by atoms with Crippen LogP contribution < -0.4 is 0 Å². The van der Waals surface area contributed by atoms with Gasteiger partial charge in [0.05, 0.1) is 5.25 Å². The first-order chi connectivity index (χ1) is 6.13. The van der Waals surface area contributed by atoms with E-state index in [0.29, 0.717) is 12.3 Å². The zero-order valence-electron chi connectivity index (χ0n) is 7.13. The summed E-state index contributed by atoms with van der Waals surface area (Å²) in [5, 5.41) is -0.387. The first-order valence-electron chi connectivity index (χ1n) is 4.43. The molecule has 0 aromatic heterocycles. The Morgan fingerprint density at radius 2 is 2.08 bits per heavy atom. The molecular formula is C7H11N3O2S. The second-order valence-corrected chi connectivity index (χ2v) is 5.70. The Morgan fingerprint density at radius 3 is 2.54 bits per heavy atom. The average Bonchev–Trinajstić information content (AvgIpc) is 2.63. The summed E-state index contributed by atoms with van der Waals surface area (Å²) in [4.78, 5) is 2.37. The highest BCUT2D eigenvalue weighted by molar-refractivity contribution is 7.90. The molecule has 13 heavy (non-hydrogen) atoms. The molecule has 0 aromatic rings. The molecule has 2 aliphatic carbocycles. The third-order valence-corrected chi connectivity index (χ3v) is 4.85. The molecule has 0 heterocycles. The third kappa shape index (κ3) is 1.40. The van der Waals surface area contributed by atoms with Crippen molar-refractivity contribution < 1.29 is 8.42 Å². The van der Waals surface area contributed by atoms with Crippen molar-refractivity contribution in [3.8, 4) is 0 Å². The molecule has 6 heteroatoms. The van der Waals surface area contributed by atoms with Crippen LogP contribution in [0.15, 0.2) is 4.52 Å². The Balaban J connectivity index is 2.24. The molecule has 0 aromatic carbocycles. The fourth-order valence-corrected chi connectivity index (χ4v) is 4.13. The molecule has 5 nitrogen and oxygen atoms in total. The van der Waals surface area contributed by atoms with Crippen LogP contribution in [0.3, 0.4) is 0 Å². The van der Waals surface area contributed by atoms with Crippen molar-refractivity contribution in [3.63, 3.8) is 0 Å². The van der Waals surface area contributed by atoms with Gasteiger partial charge < -0.3 is 0 Å². The summed E-state index contributed by atoms with van der Waals surface area (Å²) in [5.41, 5.74) is 8.11. The summed E-state index contributed by atoms with van der Waals surface area (Å²) in [6.07, 6.45) is 3.83. The molecule has 2 fully saturated rings. The topological polar surface area (TPSA) is 82.9 Å². The predicted octanol–water partition coefficient (Wildman–Crippen LogP) is 1.82. The van der Waals surface area contributed by atoms with Gasteiger partial charge in [0.2, 0.25) is 10.0 Å². The van der Waals surface area contributed by atoms with Gasteiger partial charge in [0, 0.05) is 9.43 Å². The first kappa shape index (κ1) is 8.84. The van der Waals surface area contributed by atoms with Crippen LogP contribution in [0.4, 0.5) is 0 Å². The molecule has 3 unspecified atom stereocenters. The molecule has 0 amide bonds. The molecule has 72 valence electrons. The van der Waals surface area contributed by atoms with E-state index >= 15 is 0 Å². The number of hydrogen-bond acceptors (Lipinski definition) is 2. The molecule has 0 aliphatic heterocycles. The minimum atomic E-state index is -3.53. The van der Waals surface area contributed by atoms with Gasteiger partial charge >= 0.3 is 0 Å². The van der Waals surface area contributed by atoms with Gasteiger partial charge in [-0.25, -0.2) is 8.42 Å². The Hall–Kier alpha value is -0.740. The van der Waals surface area contributed by atoms with Crippen molar-refractivity contribution in [1.82, 2.24) is 0 Å². The zero-order chi connectivity index (χ0) is 9.47. The van der Waals surface area contributed by atoms with Crippen molar-refractivity contribution in [3.05, 3.63) is 10.4 Å². The van der Waals surface area contributed by atoms with Crippen LogP contribution in [0.2, 0.25) is 0 Å². The summed E-state index contributed by atoms with van der Waals surface area (Å²) in [6, 6.07) is 0. The molecule has 0 N–H and O–H groups in total. The highest BCUT2D eigenvalue weighted by Gasteiger charge is 2.45. The normalized spacial score (nSPS) is 37.4. The number of hydrogen-bond donors (Lipinski definition) is 0. The fraction of sp³-hybridized carbons (Fsp3) is 1.00. The molecule has 2 saturated carbocycles. The molecule has 2 aliphatic rings. The van der Waals surface area contributed by atoms with E-state index in [1.165, 1.54) is 0 Å². The van der Waals surface area contributed by atoms with Crippen LogP contribution in [0.1, 0.15) is 25.7 Å². The number of sulfonamides is 1. The summed E-state index contributed by atoms with van der Waals surface area (Å²) in [5.74, 6) is 0.805. The summed E-state index contributed by atoms with van der Waals surface area (Å²) < 4.78 is 25.7.